The van der Waals surface area contributed by atoms with Crippen molar-refractivity contribution >= 4 is 33.0 Å². The number of sulfone groups is 1. The van der Waals surface area contributed by atoms with Gasteiger partial charge in [0.25, 0.3) is 5.91 Å². The normalized spacial score (nSPS) is 16.5. The molecular formula is C34H41N3O5S. The minimum Gasteiger partial charge on any atom is -0.474 e. The van der Waals surface area contributed by atoms with Gasteiger partial charge in [0.2, 0.25) is 21.2 Å². The topological polar surface area (TPSA) is 87.2 Å². The first-order chi connectivity index (χ1) is 20.7. The van der Waals surface area contributed by atoms with Gasteiger partial charge in [-0.05, 0) is 92.3 Å². The monoisotopic (exact) mass is 603 g/mol. The Morgan fingerprint density at radius 2 is 1.63 bits per heavy atom. The Kier molecular flexibility index (Phi) is 9.40. The molecule has 3 aromatic carbocycles. The van der Waals surface area contributed by atoms with Crippen molar-refractivity contribution in [2.45, 2.75) is 68.2 Å². The van der Waals surface area contributed by atoms with Gasteiger partial charge in [-0.2, -0.15) is 0 Å². The van der Waals surface area contributed by atoms with E-state index in [4.69, 9.17) is 4.74 Å². The molecule has 5 rings (SSSR count). The van der Waals surface area contributed by atoms with Gasteiger partial charge in [0.05, 0.1) is 4.90 Å². The lowest BCUT2D eigenvalue weighted by Crippen LogP contribution is -2.50. The molecule has 9 heteroatoms. The zero-order valence-electron chi connectivity index (χ0n) is 25.2. The van der Waals surface area contributed by atoms with Crippen LogP contribution in [0.2, 0.25) is 0 Å². The molecule has 2 amide bonds. The number of nitrogens with zero attached hydrogens (tertiary/aromatic N) is 3. The van der Waals surface area contributed by atoms with Crippen molar-refractivity contribution in [3.63, 3.8) is 0 Å². The van der Waals surface area contributed by atoms with Crippen molar-refractivity contribution in [2.75, 3.05) is 37.0 Å². The molecular weight excluding hydrogens is 562 g/mol. The van der Waals surface area contributed by atoms with Crippen LogP contribution in [0.15, 0.2) is 77.7 Å². The van der Waals surface area contributed by atoms with Crippen molar-refractivity contribution in [1.29, 1.82) is 0 Å². The number of ether oxygens (including phenoxy) is 1. The molecule has 0 saturated carbocycles. The molecule has 0 radical (unpaired) electrons. The highest BCUT2D eigenvalue weighted by Gasteiger charge is 2.34. The molecule has 1 fully saturated rings. The number of aryl methyl sites for hydroxylation is 1. The molecule has 2 aliphatic rings. The molecule has 0 spiro atoms. The number of amides is 2. The van der Waals surface area contributed by atoms with Gasteiger partial charge in [0.1, 0.15) is 5.75 Å². The number of hydrogen-bond donors (Lipinski definition) is 0. The summed E-state index contributed by atoms with van der Waals surface area (Å²) in [5.74, 6) is 0.488. The summed E-state index contributed by atoms with van der Waals surface area (Å²) < 4.78 is 33.1. The average Bonchev–Trinajstić information content (AvgIpc) is 3.03. The maximum atomic E-state index is 13.5. The fourth-order valence-corrected chi connectivity index (χ4v) is 7.46. The highest BCUT2D eigenvalue weighted by molar-refractivity contribution is 7.92. The van der Waals surface area contributed by atoms with Gasteiger partial charge >= 0.3 is 0 Å². The van der Waals surface area contributed by atoms with Crippen LogP contribution in [0.3, 0.4) is 0 Å². The molecule has 0 aliphatic carbocycles. The van der Waals surface area contributed by atoms with E-state index in [9.17, 15) is 18.0 Å². The van der Waals surface area contributed by atoms with Crippen LogP contribution in [-0.2, 0) is 21.1 Å². The Bertz CT molecular complexity index is 1530. The third-order valence-corrected chi connectivity index (χ3v) is 10.4. The van der Waals surface area contributed by atoms with E-state index in [2.05, 4.69) is 6.07 Å². The molecule has 0 aromatic heterocycles. The first kappa shape index (κ1) is 30.6. The first-order valence-corrected chi connectivity index (χ1v) is 16.7. The highest BCUT2D eigenvalue weighted by atomic mass is 32.2. The number of rotatable bonds is 10. The van der Waals surface area contributed by atoms with Gasteiger partial charge < -0.3 is 19.4 Å². The second kappa shape index (κ2) is 13.2. The van der Waals surface area contributed by atoms with Gasteiger partial charge in [-0.25, -0.2) is 8.42 Å². The number of unbranched alkanes of at least 4 members (excludes halogenated alkanes) is 1. The van der Waals surface area contributed by atoms with E-state index in [1.165, 1.54) is 5.56 Å². The number of piperidine rings is 1. The molecule has 1 atom stereocenters. The van der Waals surface area contributed by atoms with E-state index in [0.29, 0.717) is 43.7 Å². The van der Waals surface area contributed by atoms with Crippen LogP contribution in [0.5, 0.6) is 5.75 Å². The number of anilines is 2. The van der Waals surface area contributed by atoms with Crippen LogP contribution in [-0.4, -0.2) is 63.8 Å². The second-order valence-corrected chi connectivity index (χ2v) is 13.7. The maximum Gasteiger partial charge on any atom is 0.253 e. The molecule has 8 nitrogen and oxygen atoms in total. The van der Waals surface area contributed by atoms with E-state index in [1.807, 2.05) is 53.9 Å². The van der Waals surface area contributed by atoms with Crippen LogP contribution in [0, 0.1) is 0 Å². The fraction of sp³-hybridized carbons (Fsp3) is 0.412. The number of benzene rings is 3. The van der Waals surface area contributed by atoms with Gasteiger partial charge in [-0.15, -0.1) is 0 Å². The highest BCUT2D eigenvalue weighted by Crippen LogP contribution is 2.33. The van der Waals surface area contributed by atoms with Crippen LogP contribution in [0.1, 0.15) is 61.4 Å². The van der Waals surface area contributed by atoms with E-state index in [-0.39, 0.29) is 22.8 Å². The smallest absolute Gasteiger partial charge is 0.253 e. The van der Waals surface area contributed by atoms with Crippen molar-refractivity contribution < 1.29 is 22.7 Å². The molecule has 1 unspecified atom stereocenters. The minimum atomic E-state index is -3.74. The SMILES string of the molecule is CCCCC(Oc1ccc(C(=O)N2CCC(N3C(=O)CCc4ccccc43)CC2)cc1)S(=O)(=O)c1ccc(N(C)C)cc1. The van der Waals surface area contributed by atoms with Gasteiger partial charge in [0, 0.05) is 56.6 Å². The molecule has 228 valence electrons. The lowest BCUT2D eigenvalue weighted by atomic mass is 9.95. The van der Waals surface area contributed by atoms with Crippen molar-refractivity contribution in [2.24, 2.45) is 0 Å². The van der Waals surface area contributed by atoms with Crippen LogP contribution >= 0.6 is 0 Å². The molecule has 2 aliphatic heterocycles. The second-order valence-electron chi connectivity index (χ2n) is 11.6. The fourth-order valence-electron chi connectivity index (χ4n) is 5.93. The number of carbonyl (C=O) groups excluding carboxylic acids is 2. The van der Waals surface area contributed by atoms with Crippen molar-refractivity contribution in [1.82, 2.24) is 4.90 Å². The zero-order chi connectivity index (χ0) is 30.6. The predicted molar refractivity (Wildman–Crippen MR) is 170 cm³/mol. The Morgan fingerprint density at radius 3 is 2.28 bits per heavy atom. The van der Waals surface area contributed by atoms with Gasteiger partial charge in [-0.3, -0.25) is 9.59 Å². The molecule has 0 bridgehead atoms. The van der Waals surface area contributed by atoms with E-state index in [0.717, 1.165) is 37.1 Å². The number of carbonyl (C=O) groups is 2. The Labute approximate surface area is 255 Å². The number of para-hydroxylation sites is 1. The Morgan fingerprint density at radius 1 is 0.953 bits per heavy atom. The van der Waals surface area contributed by atoms with E-state index < -0.39 is 15.3 Å². The Hall–Kier alpha value is -3.85. The minimum absolute atomic E-state index is 0.0773. The first-order valence-electron chi connectivity index (χ1n) is 15.2. The number of likely N-dealkylation sites (tertiary alicyclic amines) is 1. The molecule has 2 heterocycles. The summed E-state index contributed by atoms with van der Waals surface area (Å²) >= 11 is 0. The van der Waals surface area contributed by atoms with Crippen LogP contribution in [0.4, 0.5) is 11.4 Å². The predicted octanol–water partition coefficient (Wildman–Crippen LogP) is 5.71. The zero-order valence-corrected chi connectivity index (χ0v) is 26.1. The number of fused-ring (bicyclic) bond motifs is 1. The molecule has 1 saturated heterocycles. The van der Waals surface area contributed by atoms with Gasteiger partial charge in [0.15, 0.2) is 0 Å². The lowest BCUT2D eigenvalue weighted by molar-refractivity contribution is -0.119. The third kappa shape index (κ3) is 6.72. The summed E-state index contributed by atoms with van der Waals surface area (Å²) in [5, 5.41) is 0. The largest absolute Gasteiger partial charge is 0.474 e. The Balaban J connectivity index is 1.23. The summed E-state index contributed by atoms with van der Waals surface area (Å²) in [4.78, 5) is 32.1. The third-order valence-electron chi connectivity index (χ3n) is 8.43. The lowest BCUT2D eigenvalue weighted by Gasteiger charge is -2.41. The standard InChI is InChI=1S/C34H41N3O5S/c1-4-5-10-33(43(40,41)30-18-14-27(15-19-30)35(2)3)42-29-16-11-26(12-17-29)34(39)36-23-21-28(22-24-36)37-31-9-7-6-8-25(31)13-20-32(37)38/h6-9,11-12,14-19,28,33H,4-5,10,13,20-24H2,1-3H3. The molecule has 0 N–H and O–H groups in total. The number of hydrogen-bond acceptors (Lipinski definition) is 6. The van der Waals surface area contributed by atoms with E-state index >= 15 is 0 Å². The van der Waals surface area contributed by atoms with Crippen molar-refractivity contribution in [3.8, 4) is 5.75 Å². The van der Waals surface area contributed by atoms with Gasteiger partial charge in [-0.1, -0.05) is 31.5 Å². The molecule has 3 aromatic rings. The van der Waals surface area contributed by atoms with Crippen LogP contribution < -0.4 is 14.5 Å². The van der Waals surface area contributed by atoms with Crippen LogP contribution in [0.25, 0.3) is 0 Å². The quantitative estimate of drug-likeness (QED) is 0.295. The summed E-state index contributed by atoms with van der Waals surface area (Å²) in [7, 11) is 0.0750. The molecule has 43 heavy (non-hydrogen) atoms. The summed E-state index contributed by atoms with van der Waals surface area (Å²) in [6, 6.07) is 21.7. The average molecular weight is 604 g/mol. The van der Waals surface area contributed by atoms with E-state index in [1.54, 1.807) is 48.5 Å². The summed E-state index contributed by atoms with van der Waals surface area (Å²) in [6.07, 6.45) is 4.66. The van der Waals surface area contributed by atoms with Crippen molar-refractivity contribution in [3.05, 3.63) is 83.9 Å². The summed E-state index contributed by atoms with van der Waals surface area (Å²) in [6.45, 7) is 3.15. The summed E-state index contributed by atoms with van der Waals surface area (Å²) in [5.41, 5.74) is 2.62. The maximum absolute atomic E-state index is 13.5.